The summed E-state index contributed by atoms with van der Waals surface area (Å²) in [6.45, 7) is 4.00. The molecule has 3 rings (SSSR count). The molecule has 2 aromatic rings. The maximum atomic E-state index is 12.7. The van der Waals surface area contributed by atoms with Crippen molar-refractivity contribution in [2.75, 3.05) is 0 Å². The summed E-state index contributed by atoms with van der Waals surface area (Å²) in [5, 5.41) is 12.6. The van der Waals surface area contributed by atoms with Crippen molar-refractivity contribution >= 4 is 22.8 Å². The Bertz CT molecular complexity index is 1010. The number of amides is 1. The van der Waals surface area contributed by atoms with Gasteiger partial charge in [-0.2, -0.15) is 0 Å². The largest absolute Gasteiger partial charge is 0.480 e. The predicted molar refractivity (Wildman–Crippen MR) is 100.0 cm³/mol. The van der Waals surface area contributed by atoms with E-state index in [0.29, 0.717) is 24.1 Å². The fourth-order valence-corrected chi connectivity index (χ4v) is 3.62. The molecule has 1 aliphatic rings. The molecule has 8 nitrogen and oxygen atoms in total. The normalized spacial score (nSPS) is 22.5. The van der Waals surface area contributed by atoms with Crippen molar-refractivity contribution in [2.24, 2.45) is 5.92 Å². The van der Waals surface area contributed by atoms with Gasteiger partial charge in [0.2, 0.25) is 0 Å². The Labute approximate surface area is 155 Å². The first-order chi connectivity index (χ1) is 12.8. The fourth-order valence-electron chi connectivity index (χ4n) is 3.62. The van der Waals surface area contributed by atoms with Crippen molar-refractivity contribution in [3.05, 3.63) is 44.6 Å². The zero-order chi connectivity index (χ0) is 19.8. The number of nitrogens with zero attached hydrogens (tertiary/aromatic N) is 1. The van der Waals surface area contributed by atoms with Crippen molar-refractivity contribution in [1.29, 1.82) is 0 Å². The van der Waals surface area contributed by atoms with Gasteiger partial charge in [-0.3, -0.25) is 14.2 Å². The van der Waals surface area contributed by atoms with Gasteiger partial charge in [-0.15, -0.1) is 0 Å². The van der Waals surface area contributed by atoms with Gasteiger partial charge in [-0.05, 0) is 56.7 Å². The van der Waals surface area contributed by atoms with Gasteiger partial charge in [0.05, 0.1) is 10.9 Å². The second-order valence-electron chi connectivity index (χ2n) is 7.26. The first-order valence-electron chi connectivity index (χ1n) is 9.10. The van der Waals surface area contributed by atoms with Gasteiger partial charge in [0.15, 0.2) is 0 Å². The van der Waals surface area contributed by atoms with E-state index in [1.807, 2.05) is 0 Å². The molecule has 0 aliphatic heterocycles. The van der Waals surface area contributed by atoms with E-state index in [2.05, 4.69) is 17.2 Å². The summed E-state index contributed by atoms with van der Waals surface area (Å²) >= 11 is 0. The van der Waals surface area contributed by atoms with Crippen LogP contribution in [-0.4, -0.2) is 32.1 Å². The zero-order valence-electron chi connectivity index (χ0n) is 15.4. The molecule has 1 aromatic carbocycles. The third kappa shape index (κ3) is 3.39. The number of hydrogen-bond donors (Lipinski definition) is 3. The summed E-state index contributed by atoms with van der Waals surface area (Å²) in [4.78, 5) is 51.4. The van der Waals surface area contributed by atoms with Crippen LogP contribution in [0.3, 0.4) is 0 Å². The van der Waals surface area contributed by atoms with Gasteiger partial charge >= 0.3 is 11.7 Å². The molecule has 0 unspecified atom stereocenters. The van der Waals surface area contributed by atoms with E-state index < -0.39 is 28.7 Å². The molecule has 0 saturated heterocycles. The standard InChI is InChI=1S/C19H23N3O5/c1-3-22-16(24)13-5-4-12(10-14(13)20-18(22)27)15(23)21-19(17(25)26)8-6-11(2)7-9-19/h4-5,10-11H,3,6-9H2,1-2H3,(H,20,27)(H,21,23)(H,25,26). The molecule has 3 N–H and O–H groups in total. The average Bonchev–Trinajstić information content (AvgIpc) is 2.63. The van der Waals surface area contributed by atoms with Crippen LogP contribution in [-0.2, 0) is 11.3 Å². The molecule has 1 fully saturated rings. The molecule has 0 spiro atoms. The van der Waals surface area contributed by atoms with Crippen LogP contribution in [0.1, 0.15) is 49.9 Å². The Morgan fingerprint density at radius 1 is 1.30 bits per heavy atom. The topological polar surface area (TPSA) is 121 Å². The molecule has 0 atom stereocenters. The van der Waals surface area contributed by atoms with E-state index >= 15 is 0 Å². The summed E-state index contributed by atoms with van der Waals surface area (Å²) in [6.07, 6.45) is 2.21. The average molecular weight is 373 g/mol. The van der Waals surface area contributed by atoms with Gasteiger partial charge in [-0.25, -0.2) is 9.59 Å². The number of benzene rings is 1. The third-order valence-electron chi connectivity index (χ3n) is 5.45. The lowest BCUT2D eigenvalue weighted by Gasteiger charge is -2.36. The molecule has 1 heterocycles. The van der Waals surface area contributed by atoms with Crippen LogP contribution < -0.4 is 16.6 Å². The van der Waals surface area contributed by atoms with Gasteiger partial charge in [0.25, 0.3) is 11.5 Å². The molecular weight excluding hydrogens is 350 g/mol. The number of carboxylic acid groups (broad SMARTS) is 1. The first-order valence-corrected chi connectivity index (χ1v) is 9.10. The summed E-state index contributed by atoms with van der Waals surface area (Å²) in [5.41, 5.74) is -1.80. The van der Waals surface area contributed by atoms with E-state index in [1.165, 1.54) is 18.2 Å². The molecule has 1 saturated carbocycles. The van der Waals surface area contributed by atoms with Crippen molar-refractivity contribution in [1.82, 2.24) is 14.9 Å². The quantitative estimate of drug-likeness (QED) is 0.749. The third-order valence-corrected chi connectivity index (χ3v) is 5.45. The molecule has 1 amide bonds. The first kappa shape index (κ1) is 18.9. The summed E-state index contributed by atoms with van der Waals surface area (Å²) in [6, 6.07) is 4.36. The summed E-state index contributed by atoms with van der Waals surface area (Å²) in [5.74, 6) is -1.14. The minimum atomic E-state index is -1.28. The molecule has 1 aromatic heterocycles. The van der Waals surface area contributed by atoms with E-state index in [9.17, 15) is 24.3 Å². The fraction of sp³-hybridized carbons (Fsp3) is 0.474. The van der Waals surface area contributed by atoms with Gasteiger partial charge < -0.3 is 15.4 Å². The number of hydrogen-bond acceptors (Lipinski definition) is 4. The van der Waals surface area contributed by atoms with Crippen LogP contribution in [0.2, 0.25) is 0 Å². The highest BCUT2D eigenvalue weighted by Crippen LogP contribution is 2.32. The van der Waals surface area contributed by atoms with E-state index in [-0.39, 0.29) is 17.6 Å². The second kappa shape index (κ2) is 7.02. The van der Waals surface area contributed by atoms with Crippen molar-refractivity contribution in [3.8, 4) is 0 Å². The highest BCUT2D eigenvalue weighted by molar-refractivity contribution is 6.00. The lowest BCUT2D eigenvalue weighted by Crippen LogP contribution is -2.56. The van der Waals surface area contributed by atoms with Gasteiger partial charge in [0.1, 0.15) is 5.54 Å². The minimum Gasteiger partial charge on any atom is -0.480 e. The summed E-state index contributed by atoms with van der Waals surface area (Å²) < 4.78 is 1.07. The number of carboxylic acids is 1. The van der Waals surface area contributed by atoms with Crippen molar-refractivity contribution in [3.63, 3.8) is 0 Å². The van der Waals surface area contributed by atoms with Crippen LogP contribution >= 0.6 is 0 Å². The molecule has 0 bridgehead atoms. The molecule has 8 heteroatoms. The Balaban J connectivity index is 1.95. The molecular formula is C19H23N3O5. The Morgan fingerprint density at radius 2 is 1.96 bits per heavy atom. The Kier molecular flexibility index (Phi) is 4.91. The molecule has 0 radical (unpaired) electrons. The number of nitrogens with one attached hydrogen (secondary N) is 2. The number of aliphatic carboxylic acids is 1. The molecule has 1 aliphatic carbocycles. The number of H-pyrrole nitrogens is 1. The number of fused-ring (bicyclic) bond motifs is 1. The Morgan fingerprint density at radius 3 is 2.56 bits per heavy atom. The number of carbonyl (C=O) groups excluding carboxylic acids is 1. The van der Waals surface area contributed by atoms with Crippen molar-refractivity contribution in [2.45, 2.75) is 51.6 Å². The SMILES string of the molecule is CCn1c(=O)[nH]c2cc(C(=O)NC3(C(=O)O)CCC(C)CC3)ccc2c1=O. The molecule has 27 heavy (non-hydrogen) atoms. The minimum absolute atomic E-state index is 0.200. The van der Waals surface area contributed by atoms with E-state index in [4.69, 9.17) is 0 Å². The van der Waals surface area contributed by atoms with Gasteiger partial charge in [0, 0.05) is 12.1 Å². The highest BCUT2D eigenvalue weighted by Gasteiger charge is 2.42. The van der Waals surface area contributed by atoms with Crippen LogP contribution in [0.15, 0.2) is 27.8 Å². The smallest absolute Gasteiger partial charge is 0.329 e. The maximum Gasteiger partial charge on any atom is 0.329 e. The lowest BCUT2D eigenvalue weighted by atomic mass is 9.77. The monoisotopic (exact) mass is 373 g/mol. The summed E-state index contributed by atoms with van der Waals surface area (Å²) in [7, 11) is 0. The number of rotatable bonds is 4. The van der Waals surface area contributed by atoms with Crippen LogP contribution in [0, 0.1) is 5.92 Å². The number of aromatic nitrogens is 2. The van der Waals surface area contributed by atoms with E-state index in [0.717, 1.165) is 17.4 Å². The van der Waals surface area contributed by atoms with Crippen LogP contribution in [0.4, 0.5) is 0 Å². The predicted octanol–water partition coefficient (Wildman–Crippen LogP) is 1.47. The van der Waals surface area contributed by atoms with Crippen molar-refractivity contribution < 1.29 is 14.7 Å². The van der Waals surface area contributed by atoms with Crippen LogP contribution in [0.25, 0.3) is 10.9 Å². The number of carbonyl (C=O) groups is 2. The van der Waals surface area contributed by atoms with Gasteiger partial charge in [-0.1, -0.05) is 6.92 Å². The van der Waals surface area contributed by atoms with E-state index in [1.54, 1.807) is 6.92 Å². The number of aromatic amines is 1. The second-order valence-corrected chi connectivity index (χ2v) is 7.26. The zero-order valence-corrected chi connectivity index (χ0v) is 15.4. The highest BCUT2D eigenvalue weighted by atomic mass is 16.4. The van der Waals surface area contributed by atoms with Crippen LogP contribution in [0.5, 0.6) is 0 Å². The lowest BCUT2D eigenvalue weighted by molar-refractivity contribution is -0.146. The maximum absolute atomic E-state index is 12.7. The Hall–Kier alpha value is -2.90. The molecule has 144 valence electrons.